The molecule has 0 heterocycles. The first kappa shape index (κ1) is 31.6. The molecule has 0 rings (SSSR count). The Labute approximate surface area is 149 Å². The normalized spacial score (nSPS) is 12.2. The summed E-state index contributed by atoms with van der Waals surface area (Å²) in [7, 11) is 0. The number of halogens is 6. The van der Waals surface area contributed by atoms with Gasteiger partial charge in [-0.1, -0.05) is 6.92 Å². The predicted molar refractivity (Wildman–Crippen MR) is 77.9 cm³/mol. The zero-order chi connectivity index (χ0) is 19.7. The molecule has 0 amide bonds. The van der Waals surface area contributed by atoms with Gasteiger partial charge < -0.3 is 17.6 Å². The molecule has 24 heavy (non-hydrogen) atoms. The fraction of sp³-hybridized carbons (Fsp3) is 0.929. The first-order valence-electron chi connectivity index (χ1n) is 6.74. The van der Waals surface area contributed by atoms with Crippen LogP contribution in [0.5, 0.6) is 0 Å². The van der Waals surface area contributed by atoms with Gasteiger partial charge in [0.1, 0.15) is 0 Å². The van der Waals surface area contributed by atoms with Gasteiger partial charge in [0.15, 0.2) is 0 Å². The summed E-state index contributed by atoms with van der Waals surface area (Å²) >= 11 is 2.26. The van der Waals surface area contributed by atoms with Crippen LogP contribution < -0.4 is 0 Å². The van der Waals surface area contributed by atoms with E-state index >= 15 is 0 Å². The topological polar surface area (TPSA) is 52.8 Å². The average molecular weight is 407 g/mol. The zero-order valence-corrected chi connectivity index (χ0v) is 16.4. The van der Waals surface area contributed by atoms with E-state index in [-0.39, 0.29) is 13.0 Å². The number of hydrogen-bond donors (Lipinski definition) is 2. The predicted octanol–water partition coefficient (Wildman–Crippen LogP) is 4.99. The molecule has 0 aromatic carbocycles. The molecular weight excluding hydrogens is 379 g/mol. The molecule has 0 aromatic rings. The Morgan fingerprint density at radius 2 is 1.12 bits per heavy atom. The van der Waals surface area contributed by atoms with E-state index in [2.05, 4.69) is 41.8 Å². The first-order valence-corrected chi connectivity index (χ1v) is 7.36. The van der Waals surface area contributed by atoms with Crippen molar-refractivity contribution < 1.29 is 53.8 Å². The van der Waals surface area contributed by atoms with Gasteiger partial charge in [-0.15, -0.1) is 0 Å². The Kier molecular flexibility index (Phi) is 16.2. The molecule has 0 unspecified atom stereocenters. The van der Waals surface area contributed by atoms with Gasteiger partial charge in [0.05, 0.1) is 5.60 Å². The summed E-state index contributed by atoms with van der Waals surface area (Å²) in [6, 6.07) is 0. The fourth-order valence-electron chi connectivity index (χ4n) is 0.256. The van der Waals surface area contributed by atoms with Crippen molar-refractivity contribution in [2.75, 3.05) is 0 Å². The smallest absolute Gasteiger partial charge is 0.377 e. The van der Waals surface area contributed by atoms with E-state index in [0.717, 1.165) is 12.8 Å². The molecule has 0 aliphatic carbocycles. The van der Waals surface area contributed by atoms with Crippen LogP contribution in [0, 0.1) is 7.43 Å². The minimum atomic E-state index is -5.63. The van der Waals surface area contributed by atoms with Gasteiger partial charge in [-0.25, -0.2) is 0 Å². The number of rotatable bonds is 3. The number of hydrogen-bond acceptors (Lipinski definition) is 3. The van der Waals surface area contributed by atoms with Crippen molar-refractivity contribution in [3.63, 3.8) is 0 Å². The minimum Gasteiger partial charge on any atom is -0.377 e. The molecule has 149 valence electrons. The van der Waals surface area contributed by atoms with Gasteiger partial charge in [-0.05, 0) is 20.3 Å². The summed E-state index contributed by atoms with van der Waals surface area (Å²) in [6.07, 6.45) is -13.6. The second kappa shape index (κ2) is 12.3. The van der Waals surface area contributed by atoms with Gasteiger partial charge >= 0.3 is 66.1 Å². The Morgan fingerprint density at radius 3 is 1.12 bits per heavy atom. The van der Waals surface area contributed by atoms with E-state index in [1.54, 1.807) is 13.8 Å². The van der Waals surface area contributed by atoms with Crippen LogP contribution in [0.4, 0.5) is 26.3 Å². The molecule has 0 saturated heterocycles. The molecule has 10 heteroatoms. The molecule has 0 bridgehead atoms. The van der Waals surface area contributed by atoms with Gasteiger partial charge in [0, 0.05) is 0 Å². The Morgan fingerprint density at radius 1 is 0.875 bits per heavy atom. The summed E-state index contributed by atoms with van der Waals surface area (Å²) < 4.78 is 69.9. The fourth-order valence-corrected chi connectivity index (χ4v) is 0.477. The molecule has 2 N–H and O–H groups in total. The third kappa shape index (κ3) is 21.9. The number of aliphatic hydroxyl groups is 2. The SMILES string of the molecule is CCC(C)(C)O.CCC(C)(C)[N]=[V].OC(C(F)(F)F)C(F)(F)F.[CH3-]. The van der Waals surface area contributed by atoms with Crippen LogP contribution in [-0.4, -0.2) is 39.8 Å². The van der Waals surface area contributed by atoms with Gasteiger partial charge in [-0.3, -0.25) is 0 Å². The quantitative estimate of drug-likeness (QED) is 0.511. The summed E-state index contributed by atoms with van der Waals surface area (Å²) in [6.45, 7) is 11.9. The average Bonchev–Trinajstić information content (AvgIpc) is 2.36. The van der Waals surface area contributed by atoms with Crippen molar-refractivity contribution in [1.29, 1.82) is 0 Å². The van der Waals surface area contributed by atoms with E-state index in [1.165, 1.54) is 0 Å². The van der Waals surface area contributed by atoms with Crippen LogP contribution in [-0.2, 0) is 17.2 Å². The number of alkyl halides is 6. The summed E-state index contributed by atoms with van der Waals surface area (Å²) in [5, 5.41) is 16.3. The zero-order valence-electron chi connectivity index (χ0n) is 15.0. The third-order valence-electron chi connectivity index (χ3n) is 2.62. The second-order valence-electron chi connectivity index (χ2n) is 5.92. The molecule has 0 atom stereocenters. The monoisotopic (exact) mass is 407 g/mol. The molecule has 3 nitrogen and oxygen atoms in total. The van der Waals surface area contributed by atoms with Crippen LogP contribution >= 0.6 is 0 Å². The van der Waals surface area contributed by atoms with Crippen LogP contribution in [0.15, 0.2) is 3.79 Å². The minimum absolute atomic E-state index is 0. The first-order chi connectivity index (χ1) is 9.84. The summed E-state index contributed by atoms with van der Waals surface area (Å²) in [4.78, 5) is 0. The molecule has 0 aliphatic heterocycles. The second-order valence-corrected chi connectivity index (χ2v) is 6.23. The van der Waals surface area contributed by atoms with Gasteiger partial charge in [-0.2, -0.15) is 26.3 Å². The Bertz CT molecular complexity index is 311. The van der Waals surface area contributed by atoms with E-state index < -0.39 is 24.1 Å². The van der Waals surface area contributed by atoms with Crippen molar-refractivity contribution in [2.45, 2.75) is 84.0 Å². The molecule has 0 radical (unpaired) electrons. The number of aliphatic hydroxyl groups excluding tert-OH is 1. The van der Waals surface area contributed by atoms with Crippen LogP contribution in [0.3, 0.4) is 0 Å². The molecule has 0 spiro atoms. The van der Waals surface area contributed by atoms with E-state index in [0.29, 0.717) is 0 Å². The van der Waals surface area contributed by atoms with Crippen LogP contribution in [0.25, 0.3) is 0 Å². The van der Waals surface area contributed by atoms with Crippen LogP contribution in [0.2, 0.25) is 0 Å². The van der Waals surface area contributed by atoms with Gasteiger partial charge in [0.25, 0.3) is 0 Å². The van der Waals surface area contributed by atoms with Crippen molar-refractivity contribution in [1.82, 2.24) is 0 Å². The summed E-state index contributed by atoms with van der Waals surface area (Å²) in [5.74, 6) is 0. The van der Waals surface area contributed by atoms with Gasteiger partial charge in [0.2, 0.25) is 6.10 Å². The molecular formula is C14H28F6NO2V-. The largest absolute Gasteiger partial charge is 0.423 e. The number of nitrogens with zero attached hydrogens (tertiary/aromatic N) is 1. The van der Waals surface area contributed by atoms with Crippen molar-refractivity contribution in [2.24, 2.45) is 3.79 Å². The maximum Gasteiger partial charge on any atom is 0.423 e. The molecule has 0 saturated carbocycles. The maximum absolute atomic E-state index is 11.0. The van der Waals surface area contributed by atoms with Crippen molar-refractivity contribution in [3.05, 3.63) is 7.43 Å². The summed E-state index contributed by atoms with van der Waals surface area (Å²) in [5.41, 5.74) is -0.278. The van der Waals surface area contributed by atoms with E-state index in [1.807, 2.05) is 6.92 Å². The van der Waals surface area contributed by atoms with Crippen molar-refractivity contribution >= 4 is 0 Å². The Balaban J connectivity index is -0.000000127. The Hall–Kier alpha value is -0.116. The van der Waals surface area contributed by atoms with Crippen LogP contribution in [0.1, 0.15) is 54.4 Å². The van der Waals surface area contributed by atoms with E-state index in [9.17, 15) is 26.3 Å². The molecule has 0 aromatic heterocycles. The van der Waals surface area contributed by atoms with Crippen molar-refractivity contribution in [3.8, 4) is 0 Å². The molecule has 0 fully saturated rings. The molecule has 0 aliphatic rings. The third-order valence-corrected chi connectivity index (χ3v) is 3.47. The van der Waals surface area contributed by atoms with E-state index in [4.69, 9.17) is 10.2 Å². The standard InChI is InChI=1S/C5H11N.C5H12O.C3H2F6O.CH3.V/c2*1-4-5(2,3)6;4-2(5,6)1(10)3(7,8)9;;/h4H2,1-3H3;6H,4H2,1-3H3;1,10H;1H3;/q;;;-1;. The maximum atomic E-state index is 11.0.